The van der Waals surface area contributed by atoms with Crippen molar-refractivity contribution in [3.05, 3.63) is 50.8 Å². The van der Waals surface area contributed by atoms with Crippen LogP contribution in [0.25, 0.3) is 0 Å². The Bertz CT molecular complexity index is 607. The molecule has 0 atom stereocenters. The zero-order valence-corrected chi connectivity index (χ0v) is 11.9. The zero-order chi connectivity index (χ0) is 13.1. The van der Waals surface area contributed by atoms with Gasteiger partial charge in [-0.05, 0) is 34.1 Å². The van der Waals surface area contributed by atoms with E-state index < -0.39 is 0 Å². The van der Waals surface area contributed by atoms with E-state index in [1.165, 1.54) is 12.4 Å². The molecule has 0 aliphatic rings. The molecule has 4 nitrogen and oxygen atoms in total. The Balaban J connectivity index is 2.24. The maximum absolute atomic E-state index is 12.0. The van der Waals surface area contributed by atoms with Gasteiger partial charge in [-0.2, -0.15) is 0 Å². The van der Waals surface area contributed by atoms with Gasteiger partial charge in [0, 0.05) is 15.6 Å². The summed E-state index contributed by atoms with van der Waals surface area (Å²) in [5.41, 5.74) is 0.414. The fourth-order valence-electron chi connectivity index (χ4n) is 1.26. The molecule has 2 aromatic rings. The number of carbonyl (C=O) groups excluding carboxylic acids is 1. The Hall–Kier alpha value is -1.17. The second kappa shape index (κ2) is 5.65. The summed E-state index contributed by atoms with van der Waals surface area (Å²) in [4.78, 5) is 19.6. The Morgan fingerprint density at radius 1 is 1.22 bits per heavy atom. The number of nitrogens with zero attached hydrogens (tertiary/aromatic N) is 2. The summed E-state index contributed by atoms with van der Waals surface area (Å²) in [5, 5.41) is 3.33. The van der Waals surface area contributed by atoms with Crippen LogP contribution in [0, 0.1) is 0 Å². The number of rotatable bonds is 2. The van der Waals surface area contributed by atoms with Gasteiger partial charge in [-0.3, -0.25) is 4.79 Å². The normalized spacial score (nSPS) is 10.2. The first-order valence-corrected chi connectivity index (χ1v) is 6.35. The first-order chi connectivity index (χ1) is 8.56. The van der Waals surface area contributed by atoms with Gasteiger partial charge in [0.1, 0.15) is 17.3 Å². The molecule has 92 valence electrons. The van der Waals surface area contributed by atoms with Gasteiger partial charge in [-0.15, -0.1) is 0 Å². The molecule has 0 radical (unpaired) electrons. The van der Waals surface area contributed by atoms with Crippen LogP contribution in [0.5, 0.6) is 0 Å². The minimum atomic E-state index is -0.334. The van der Waals surface area contributed by atoms with Gasteiger partial charge in [0.2, 0.25) is 0 Å². The molecular formula is C11H6BrCl2N3O. The fraction of sp³-hybridized carbons (Fsp3) is 0. The Morgan fingerprint density at radius 2 is 2.00 bits per heavy atom. The van der Waals surface area contributed by atoms with Gasteiger partial charge in [0.05, 0.1) is 5.56 Å². The summed E-state index contributed by atoms with van der Waals surface area (Å²) >= 11 is 14.8. The Labute approximate surface area is 121 Å². The molecule has 0 bridgehead atoms. The molecule has 1 N–H and O–H groups in total. The van der Waals surface area contributed by atoms with Crippen LogP contribution < -0.4 is 5.32 Å². The summed E-state index contributed by atoms with van der Waals surface area (Å²) in [6.45, 7) is 0. The fourth-order valence-corrected chi connectivity index (χ4v) is 2.00. The monoisotopic (exact) mass is 345 g/mol. The van der Waals surface area contributed by atoms with Gasteiger partial charge in [-0.25, -0.2) is 9.97 Å². The smallest absolute Gasteiger partial charge is 0.258 e. The molecule has 7 heteroatoms. The van der Waals surface area contributed by atoms with E-state index in [1.54, 1.807) is 18.2 Å². The van der Waals surface area contributed by atoms with Crippen molar-refractivity contribution in [1.29, 1.82) is 0 Å². The van der Waals surface area contributed by atoms with Gasteiger partial charge in [0.15, 0.2) is 0 Å². The minimum Gasteiger partial charge on any atom is -0.306 e. The predicted molar refractivity (Wildman–Crippen MR) is 74.1 cm³/mol. The van der Waals surface area contributed by atoms with Crippen LogP contribution in [0.1, 0.15) is 10.4 Å². The quantitative estimate of drug-likeness (QED) is 0.841. The van der Waals surface area contributed by atoms with Crippen molar-refractivity contribution in [2.75, 3.05) is 5.32 Å². The van der Waals surface area contributed by atoms with E-state index in [0.29, 0.717) is 20.9 Å². The molecule has 18 heavy (non-hydrogen) atoms. The lowest BCUT2D eigenvalue weighted by Crippen LogP contribution is -2.13. The lowest BCUT2D eigenvalue weighted by Gasteiger charge is -2.06. The number of amides is 1. The van der Waals surface area contributed by atoms with Crippen molar-refractivity contribution in [2.24, 2.45) is 0 Å². The number of aromatic nitrogens is 2. The van der Waals surface area contributed by atoms with Crippen LogP contribution >= 0.6 is 39.1 Å². The third kappa shape index (κ3) is 3.19. The molecule has 0 aliphatic carbocycles. The van der Waals surface area contributed by atoms with E-state index >= 15 is 0 Å². The number of hydrogen-bond donors (Lipinski definition) is 1. The van der Waals surface area contributed by atoms with Crippen molar-refractivity contribution in [3.63, 3.8) is 0 Å². The largest absolute Gasteiger partial charge is 0.306 e. The minimum absolute atomic E-state index is 0.255. The van der Waals surface area contributed by atoms with Crippen molar-refractivity contribution in [1.82, 2.24) is 9.97 Å². The van der Waals surface area contributed by atoms with Crippen LogP contribution in [-0.4, -0.2) is 15.9 Å². The molecule has 0 saturated heterocycles. The standard InChI is InChI=1S/C11H6BrCl2N3O/c12-8-2-1-6(13)3-7(8)11(18)17-10-4-9(14)15-5-16-10/h1-5H,(H,15,16,17,18). The van der Waals surface area contributed by atoms with Crippen LogP contribution in [0.4, 0.5) is 5.82 Å². The highest BCUT2D eigenvalue weighted by Gasteiger charge is 2.11. The third-order valence-electron chi connectivity index (χ3n) is 2.05. The Morgan fingerprint density at radius 3 is 2.72 bits per heavy atom. The first-order valence-electron chi connectivity index (χ1n) is 4.80. The van der Waals surface area contributed by atoms with E-state index in [-0.39, 0.29) is 11.1 Å². The highest BCUT2D eigenvalue weighted by Crippen LogP contribution is 2.22. The number of anilines is 1. The lowest BCUT2D eigenvalue weighted by molar-refractivity contribution is 0.102. The van der Waals surface area contributed by atoms with Gasteiger partial charge in [-0.1, -0.05) is 23.2 Å². The molecule has 0 unspecified atom stereocenters. The van der Waals surface area contributed by atoms with E-state index in [1.807, 2.05) is 0 Å². The SMILES string of the molecule is O=C(Nc1cc(Cl)ncn1)c1cc(Cl)ccc1Br. The average molecular weight is 347 g/mol. The van der Waals surface area contributed by atoms with Crippen LogP contribution in [0.2, 0.25) is 10.2 Å². The molecule has 1 heterocycles. The first kappa shape index (κ1) is 13.3. The molecular weight excluding hydrogens is 341 g/mol. The number of nitrogens with one attached hydrogen (secondary N) is 1. The highest BCUT2D eigenvalue weighted by molar-refractivity contribution is 9.10. The molecule has 0 fully saturated rings. The molecule has 2 rings (SSSR count). The topological polar surface area (TPSA) is 54.9 Å². The summed E-state index contributed by atoms with van der Waals surface area (Å²) in [6.07, 6.45) is 1.27. The van der Waals surface area contributed by atoms with Crippen LogP contribution in [-0.2, 0) is 0 Å². The highest BCUT2D eigenvalue weighted by atomic mass is 79.9. The summed E-state index contributed by atoms with van der Waals surface area (Å²) < 4.78 is 0.643. The van der Waals surface area contributed by atoms with E-state index in [4.69, 9.17) is 23.2 Å². The average Bonchev–Trinajstić information content (AvgIpc) is 2.32. The molecule has 1 aromatic carbocycles. The maximum Gasteiger partial charge on any atom is 0.258 e. The second-order valence-electron chi connectivity index (χ2n) is 3.30. The number of carbonyl (C=O) groups is 1. The number of benzene rings is 1. The number of hydrogen-bond acceptors (Lipinski definition) is 3. The van der Waals surface area contributed by atoms with E-state index in [9.17, 15) is 4.79 Å². The summed E-state index contributed by atoms with van der Waals surface area (Å²) in [7, 11) is 0. The number of halogens is 3. The van der Waals surface area contributed by atoms with Crippen LogP contribution in [0.3, 0.4) is 0 Å². The zero-order valence-electron chi connectivity index (χ0n) is 8.82. The van der Waals surface area contributed by atoms with E-state index in [2.05, 4.69) is 31.2 Å². The van der Waals surface area contributed by atoms with Gasteiger partial charge < -0.3 is 5.32 Å². The van der Waals surface area contributed by atoms with Crippen LogP contribution in [0.15, 0.2) is 35.1 Å². The van der Waals surface area contributed by atoms with Gasteiger partial charge >= 0.3 is 0 Å². The lowest BCUT2D eigenvalue weighted by atomic mass is 10.2. The van der Waals surface area contributed by atoms with Crippen molar-refractivity contribution in [3.8, 4) is 0 Å². The molecule has 1 aromatic heterocycles. The second-order valence-corrected chi connectivity index (χ2v) is 4.98. The predicted octanol–water partition coefficient (Wildman–Crippen LogP) is 3.80. The molecule has 0 aliphatic heterocycles. The molecule has 0 saturated carbocycles. The molecule has 0 spiro atoms. The van der Waals surface area contributed by atoms with Gasteiger partial charge in [0.25, 0.3) is 5.91 Å². The third-order valence-corrected chi connectivity index (χ3v) is 3.18. The summed E-state index contributed by atoms with van der Waals surface area (Å²) in [5.74, 6) is -0.00832. The van der Waals surface area contributed by atoms with Crippen molar-refractivity contribution >= 4 is 50.9 Å². The Kier molecular flexibility index (Phi) is 4.16. The van der Waals surface area contributed by atoms with Crippen molar-refractivity contribution in [2.45, 2.75) is 0 Å². The van der Waals surface area contributed by atoms with Crippen molar-refractivity contribution < 1.29 is 4.79 Å². The van der Waals surface area contributed by atoms with E-state index in [0.717, 1.165) is 0 Å². The summed E-state index contributed by atoms with van der Waals surface area (Å²) in [6, 6.07) is 6.40. The molecule has 1 amide bonds. The maximum atomic E-state index is 12.0.